The van der Waals surface area contributed by atoms with Crippen LogP contribution in [0, 0.1) is 0 Å². The minimum absolute atomic E-state index is 0. The zero-order chi connectivity index (χ0) is 11.7. The quantitative estimate of drug-likeness (QED) is 0.784. The van der Waals surface area contributed by atoms with Crippen molar-refractivity contribution in [3.63, 3.8) is 0 Å². The molecule has 4 nitrogen and oxygen atoms in total. The zero-order valence-corrected chi connectivity index (χ0v) is 11.6. The second-order valence-corrected chi connectivity index (χ2v) is 5.44. The van der Waals surface area contributed by atoms with E-state index in [2.05, 4.69) is 10.2 Å². The molecule has 0 aromatic carbocycles. The summed E-state index contributed by atoms with van der Waals surface area (Å²) < 4.78 is 5.81. The fourth-order valence-corrected chi connectivity index (χ4v) is 3.47. The lowest BCUT2D eigenvalue weighted by Gasteiger charge is -2.44. The van der Waals surface area contributed by atoms with Gasteiger partial charge in [-0.2, -0.15) is 0 Å². The smallest absolute Gasteiger partial charge is 0.240 e. The Morgan fingerprint density at radius 2 is 2.00 bits per heavy atom. The summed E-state index contributed by atoms with van der Waals surface area (Å²) >= 11 is 0. The molecule has 1 N–H and O–H groups in total. The minimum atomic E-state index is 0. The first-order valence-electron chi connectivity index (χ1n) is 7.02. The standard InChI is InChI=1S/C13H22N2O2.ClH/c16-13(10-4-3-7-14-10)15-8-9-17-12-6-2-1-5-11(12)15;/h10-12,14H,1-9H2;1H. The molecule has 104 valence electrons. The predicted octanol–water partition coefficient (Wildman–Crippen LogP) is 1.33. The normalized spacial score (nSPS) is 35.8. The maximum absolute atomic E-state index is 12.5. The molecule has 0 bridgehead atoms. The van der Waals surface area contributed by atoms with Gasteiger partial charge in [0.25, 0.3) is 0 Å². The number of nitrogens with zero attached hydrogens (tertiary/aromatic N) is 1. The molecule has 0 aromatic rings. The number of carbonyl (C=O) groups excluding carboxylic acids is 1. The van der Waals surface area contributed by atoms with Crippen LogP contribution in [-0.2, 0) is 9.53 Å². The van der Waals surface area contributed by atoms with Crippen molar-refractivity contribution in [1.82, 2.24) is 10.2 Å². The number of carbonyl (C=O) groups is 1. The highest BCUT2D eigenvalue weighted by Crippen LogP contribution is 2.29. The summed E-state index contributed by atoms with van der Waals surface area (Å²) in [6.07, 6.45) is 7.21. The van der Waals surface area contributed by atoms with E-state index >= 15 is 0 Å². The molecule has 0 aromatic heterocycles. The summed E-state index contributed by atoms with van der Waals surface area (Å²) in [7, 11) is 0. The monoisotopic (exact) mass is 274 g/mol. The van der Waals surface area contributed by atoms with Gasteiger partial charge in [-0.05, 0) is 32.2 Å². The Labute approximate surface area is 115 Å². The molecule has 0 spiro atoms. The third-order valence-corrected chi connectivity index (χ3v) is 4.37. The summed E-state index contributed by atoms with van der Waals surface area (Å²) in [5.41, 5.74) is 0. The molecular weight excluding hydrogens is 252 g/mol. The summed E-state index contributed by atoms with van der Waals surface area (Å²) in [6, 6.07) is 0.433. The van der Waals surface area contributed by atoms with Crippen LogP contribution in [0.1, 0.15) is 38.5 Å². The number of fused-ring (bicyclic) bond motifs is 1. The average molecular weight is 275 g/mol. The molecule has 3 fully saturated rings. The van der Waals surface area contributed by atoms with E-state index in [1.165, 1.54) is 12.8 Å². The number of rotatable bonds is 1. The third kappa shape index (κ3) is 2.65. The number of nitrogens with one attached hydrogen (secondary N) is 1. The van der Waals surface area contributed by atoms with Gasteiger partial charge in [0.15, 0.2) is 0 Å². The lowest BCUT2D eigenvalue weighted by atomic mass is 9.89. The molecule has 2 saturated heterocycles. The van der Waals surface area contributed by atoms with Gasteiger partial charge in [0.1, 0.15) is 0 Å². The van der Waals surface area contributed by atoms with Crippen LogP contribution in [0.25, 0.3) is 0 Å². The van der Waals surface area contributed by atoms with Crippen LogP contribution in [0.4, 0.5) is 0 Å². The van der Waals surface area contributed by atoms with Crippen molar-refractivity contribution in [2.75, 3.05) is 19.7 Å². The lowest BCUT2D eigenvalue weighted by Crippen LogP contribution is -2.58. The molecule has 18 heavy (non-hydrogen) atoms. The lowest BCUT2D eigenvalue weighted by molar-refractivity contribution is -0.151. The van der Waals surface area contributed by atoms with Crippen molar-refractivity contribution in [2.24, 2.45) is 0 Å². The Hall–Kier alpha value is -0.320. The molecule has 1 saturated carbocycles. The molecule has 2 aliphatic heterocycles. The van der Waals surface area contributed by atoms with E-state index in [9.17, 15) is 4.79 Å². The van der Waals surface area contributed by atoms with E-state index in [4.69, 9.17) is 4.74 Å². The first-order chi connectivity index (χ1) is 8.36. The summed E-state index contributed by atoms with van der Waals surface area (Å²) in [5.74, 6) is 0.322. The van der Waals surface area contributed by atoms with Crippen LogP contribution in [-0.4, -0.2) is 48.7 Å². The number of amides is 1. The van der Waals surface area contributed by atoms with Gasteiger partial charge in [-0.25, -0.2) is 0 Å². The summed E-state index contributed by atoms with van der Waals surface area (Å²) in [4.78, 5) is 14.6. The topological polar surface area (TPSA) is 41.6 Å². The van der Waals surface area contributed by atoms with Crippen molar-refractivity contribution in [3.8, 4) is 0 Å². The third-order valence-electron chi connectivity index (χ3n) is 4.37. The van der Waals surface area contributed by atoms with Crippen molar-refractivity contribution < 1.29 is 9.53 Å². The Kier molecular flexibility index (Phi) is 4.87. The Morgan fingerprint density at radius 3 is 2.78 bits per heavy atom. The number of ether oxygens (including phenoxy) is 1. The van der Waals surface area contributed by atoms with Gasteiger partial charge >= 0.3 is 0 Å². The maximum Gasteiger partial charge on any atom is 0.240 e. The van der Waals surface area contributed by atoms with E-state index in [1.54, 1.807) is 0 Å². The highest BCUT2D eigenvalue weighted by atomic mass is 35.5. The molecule has 3 rings (SSSR count). The highest BCUT2D eigenvalue weighted by Gasteiger charge is 2.39. The predicted molar refractivity (Wildman–Crippen MR) is 72.0 cm³/mol. The van der Waals surface area contributed by atoms with E-state index in [-0.39, 0.29) is 18.4 Å². The van der Waals surface area contributed by atoms with E-state index in [0.717, 1.165) is 45.4 Å². The second-order valence-electron chi connectivity index (χ2n) is 5.44. The van der Waals surface area contributed by atoms with Gasteiger partial charge in [-0.1, -0.05) is 12.8 Å². The van der Waals surface area contributed by atoms with E-state index < -0.39 is 0 Å². The summed E-state index contributed by atoms with van der Waals surface area (Å²) in [6.45, 7) is 2.51. The second kappa shape index (κ2) is 6.22. The Balaban J connectivity index is 0.00000120. The molecule has 0 radical (unpaired) electrons. The van der Waals surface area contributed by atoms with Crippen molar-refractivity contribution in [1.29, 1.82) is 0 Å². The number of hydrogen-bond donors (Lipinski definition) is 1. The Morgan fingerprint density at radius 1 is 1.17 bits per heavy atom. The first kappa shape index (κ1) is 14.1. The molecule has 3 unspecified atom stereocenters. The van der Waals surface area contributed by atoms with Crippen LogP contribution < -0.4 is 5.32 Å². The van der Waals surface area contributed by atoms with Gasteiger partial charge in [-0.15, -0.1) is 12.4 Å². The maximum atomic E-state index is 12.5. The molecule has 2 heterocycles. The van der Waals surface area contributed by atoms with Gasteiger partial charge in [-0.3, -0.25) is 4.79 Å². The SMILES string of the molecule is Cl.O=C(C1CCCN1)N1CCOC2CCCCC21. The number of morpholine rings is 1. The number of hydrogen-bond acceptors (Lipinski definition) is 3. The minimum Gasteiger partial charge on any atom is -0.374 e. The van der Waals surface area contributed by atoms with Crippen LogP contribution >= 0.6 is 12.4 Å². The average Bonchev–Trinajstić information content (AvgIpc) is 2.91. The van der Waals surface area contributed by atoms with E-state index in [0.29, 0.717) is 18.1 Å². The molecule has 5 heteroatoms. The fraction of sp³-hybridized carbons (Fsp3) is 0.923. The van der Waals surface area contributed by atoms with Crippen molar-refractivity contribution in [3.05, 3.63) is 0 Å². The van der Waals surface area contributed by atoms with E-state index in [1.807, 2.05) is 0 Å². The van der Waals surface area contributed by atoms with Crippen molar-refractivity contribution >= 4 is 18.3 Å². The molecular formula is C13H23ClN2O2. The van der Waals surface area contributed by atoms with Crippen LogP contribution in [0.15, 0.2) is 0 Å². The summed E-state index contributed by atoms with van der Waals surface area (Å²) in [5, 5.41) is 3.32. The van der Waals surface area contributed by atoms with Crippen LogP contribution in [0.5, 0.6) is 0 Å². The van der Waals surface area contributed by atoms with Crippen LogP contribution in [0.2, 0.25) is 0 Å². The van der Waals surface area contributed by atoms with Crippen LogP contribution in [0.3, 0.4) is 0 Å². The zero-order valence-electron chi connectivity index (χ0n) is 10.8. The van der Waals surface area contributed by atoms with Gasteiger partial charge < -0.3 is 15.0 Å². The van der Waals surface area contributed by atoms with Gasteiger partial charge in [0.2, 0.25) is 5.91 Å². The fourth-order valence-electron chi connectivity index (χ4n) is 3.47. The van der Waals surface area contributed by atoms with Crippen molar-refractivity contribution in [2.45, 2.75) is 56.7 Å². The van der Waals surface area contributed by atoms with Gasteiger partial charge in [0, 0.05) is 6.54 Å². The Bertz CT molecular complexity index is 293. The number of halogens is 1. The molecule has 1 aliphatic carbocycles. The first-order valence-corrected chi connectivity index (χ1v) is 7.02. The molecule has 1 amide bonds. The molecule has 3 aliphatic rings. The van der Waals surface area contributed by atoms with Gasteiger partial charge in [0.05, 0.1) is 24.8 Å². The molecule has 3 atom stereocenters. The largest absolute Gasteiger partial charge is 0.374 e. The highest BCUT2D eigenvalue weighted by molar-refractivity contribution is 5.85.